The minimum Gasteiger partial charge on any atom is -0.389 e. The molecule has 1 saturated heterocycles. The lowest BCUT2D eigenvalue weighted by Gasteiger charge is -2.35. The van der Waals surface area contributed by atoms with E-state index in [1.807, 2.05) is 0 Å². The fourth-order valence-corrected chi connectivity index (χ4v) is 2.33. The van der Waals surface area contributed by atoms with E-state index in [0.717, 1.165) is 25.2 Å². The first-order valence-corrected chi connectivity index (χ1v) is 6.48. The molecular formula is C13H17FN2OS. The number of anilines is 1. The highest BCUT2D eigenvalue weighted by Crippen LogP contribution is 2.24. The van der Waals surface area contributed by atoms with E-state index in [0.29, 0.717) is 12.2 Å². The van der Waals surface area contributed by atoms with Crippen molar-refractivity contribution in [1.29, 1.82) is 0 Å². The lowest BCUT2D eigenvalue weighted by Crippen LogP contribution is -2.43. The summed E-state index contributed by atoms with van der Waals surface area (Å²) in [6.07, 6.45) is 1.17. The van der Waals surface area contributed by atoms with Crippen molar-refractivity contribution in [2.45, 2.75) is 19.4 Å². The van der Waals surface area contributed by atoms with Crippen LogP contribution >= 0.6 is 12.2 Å². The monoisotopic (exact) mass is 268 g/mol. The Balaban J connectivity index is 2.29. The van der Waals surface area contributed by atoms with Gasteiger partial charge in [-0.05, 0) is 24.6 Å². The minimum absolute atomic E-state index is 0.211. The van der Waals surface area contributed by atoms with Crippen LogP contribution in [0.1, 0.15) is 18.9 Å². The number of hydrogen-bond acceptors (Lipinski definition) is 3. The Kier molecular flexibility index (Phi) is 4.14. The summed E-state index contributed by atoms with van der Waals surface area (Å²) in [5, 5.41) is 0. The first-order valence-electron chi connectivity index (χ1n) is 6.07. The fourth-order valence-electron chi connectivity index (χ4n) is 2.17. The molecule has 5 heteroatoms. The molecule has 0 saturated carbocycles. The highest BCUT2D eigenvalue weighted by molar-refractivity contribution is 7.80. The van der Waals surface area contributed by atoms with E-state index in [2.05, 4.69) is 11.8 Å². The summed E-state index contributed by atoms with van der Waals surface area (Å²) >= 11 is 4.99. The molecule has 0 amide bonds. The van der Waals surface area contributed by atoms with Crippen molar-refractivity contribution in [3.05, 3.63) is 29.6 Å². The van der Waals surface area contributed by atoms with E-state index >= 15 is 0 Å². The Labute approximate surface area is 112 Å². The minimum atomic E-state index is -0.318. The Morgan fingerprint density at radius 3 is 3.06 bits per heavy atom. The number of halogens is 1. The molecule has 0 radical (unpaired) electrons. The molecule has 0 aromatic heterocycles. The number of ether oxygens (including phenoxy) is 1. The van der Waals surface area contributed by atoms with Gasteiger partial charge in [0.25, 0.3) is 0 Å². The number of thiocarbonyl (C=S) groups is 1. The average Bonchev–Trinajstić information content (AvgIpc) is 2.38. The van der Waals surface area contributed by atoms with Crippen molar-refractivity contribution in [2.75, 3.05) is 24.6 Å². The van der Waals surface area contributed by atoms with Crippen molar-refractivity contribution in [3.8, 4) is 0 Å². The molecule has 1 unspecified atom stereocenters. The number of nitrogens with two attached hydrogens (primary N) is 1. The van der Waals surface area contributed by atoms with E-state index < -0.39 is 0 Å². The van der Waals surface area contributed by atoms with Gasteiger partial charge >= 0.3 is 0 Å². The van der Waals surface area contributed by atoms with Crippen molar-refractivity contribution in [2.24, 2.45) is 5.73 Å². The average molecular weight is 268 g/mol. The summed E-state index contributed by atoms with van der Waals surface area (Å²) < 4.78 is 18.9. The van der Waals surface area contributed by atoms with Crippen molar-refractivity contribution < 1.29 is 9.13 Å². The molecule has 1 aromatic rings. The van der Waals surface area contributed by atoms with Crippen LogP contribution in [0.25, 0.3) is 0 Å². The van der Waals surface area contributed by atoms with Gasteiger partial charge in [-0.1, -0.05) is 19.1 Å². The molecule has 0 aliphatic carbocycles. The van der Waals surface area contributed by atoms with Gasteiger partial charge in [0.05, 0.1) is 12.7 Å². The van der Waals surface area contributed by atoms with Gasteiger partial charge in [0.2, 0.25) is 0 Å². The smallest absolute Gasteiger partial charge is 0.124 e. The number of morpholine rings is 1. The molecule has 98 valence electrons. The Hall–Kier alpha value is -1.20. The molecule has 1 aliphatic rings. The molecule has 2 N–H and O–H groups in total. The van der Waals surface area contributed by atoms with Gasteiger partial charge in [0, 0.05) is 24.3 Å². The van der Waals surface area contributed by atoms with Crippen LogP contribution in [0.3, 0.4) is 0 Å². The first kappa shape index (κ1) is 13.2. The van der Waals surface area contributed by atoms with E-state index in [1.54, 1.807) is 6.07 Å². The molecular weight excluding hydrogens is 251 g/mol. The van der Waals surface area contributed by atoms with Crippen LogP contribution in [0.5, 0.6) is 0 Å². The third-order valence-electron chi connectivity index (χ3n) is 3.16. The van der Waals surface area contributed by atoms with Crippen LogP contribution in [-0.4, -0.2) is 30.8 Å². The molecule has 18 heavy (non-hydrogen) atoms. The first-order chi connectivity index (χ1) is 8.61. The lowest BCUT2D eigenvalue weighted by atomic mass is 10.1. The van der Waals surface area contributed by atoms with Gasteiger partial charge in [-0.2, -0.15) is 0 Å². The predicted molar refractivity (Wildman–Crippen MR) is 74.5 cm³/mol. The van der Waals surface area contributed by atoms with E-state index in [-0.39, 0.29) is 16.9 Å². The number of nitrogens with zero attached hydrogens (tertiary/aromatic N) is 1. The molecule has 1 heterocycles. The summed E-state index contributed by atoms with van der Waals surface area (Å²) in [4.78, 5) is 2.38. The van der Waals surface area contributed by atoms with E-state index in [4.69, 9.17) is 22.7 Å². The van der Waals surface area contributed by atoms with Crippen molar-refractivity contribution in [1.82, 2.24) is 0 Å². The van der Waals surface area contributed by atoms with Gasteiger partial charge in [0.1, 0.15) is 10.8 Å². The molecule has 0 bridgehead atoms. The van der Waals surface area contributed by atoms with Crippen LogP contribution in [0.15, 0.2) is 18.2 Å². The molecule has 3 nitrogen and oxygen atoms in total. The standard InChI is InChI=1S/C13H17FN2OS/c1-2-10-8-16(5-6-17-10)12-4-3-9(14)7-11(12)13(15)18/h3-4,7,10H,2,5-6,8H2,1H3,(H2,15,18). The highest BCUT2D eigenvalue weighted by Gasteiger charge is 2.21. The summed E-state index contributed by atoms with van der Waals surface area (Å²) in [6.45, 7) is 4.33. The number of rotatable bonds is 3. The number of benzene rings is 1. The molecule has 1 fully saturated rings. The van der Waals surface area contributed by atoms with Crippen LogP contribution < -0.4 is 10.6 Å². The Bertz CT molecular complexity index is 453. The van der Waals surface area contributed by atoms with E-state index in [9.17, 15) is 4.39 Å². The summed E-state index contributed by atoms with van der Waals surface area (Å²) in [6, 6.07) is 4.57. The summed E-state index contributed by atoms with van der Waals surface area (Å²) in [5.74, 6) is -0.318. The zero-order chi connectivity index (χ0) is 13.1. The normalized spacial score (nSPS) is 19.9. The maximum Gasteiger partial charge on any atom is 0.124 e. The second kappa shape index (κ2) is 5.63. The van der Waals surface area contributed by atoms with Gasteiger partial charge < -0.3 is 15.4 Å². The van der Waals surface area contributed by atoms with Gasteiger partial charge in [-0.3, -0.25) is 0 Å². The number of hydrogen-bond donors (Lipinski definition) is 1. The second-order valence-corrected chi connectivity index (χ2v) is 4.81. The van der Waals surface area contributed by atoms with E-state index in [1.165, 1.54) is 12.1 Å². The molecule has 1 aromatic carbocycles. The Morgan fingerprint density at radius 2 is 2.39 bits per heavy atom. The van der Waals surface area contributed by atoms with Crippen LogP contribution in [0.4, 0.5) is 10.1 Å². The van der Waals surface area contributed by atoms with Crippen LogP contribution in [-0.2, 0) is 4.74 Å². The zero-order valence-electron chi connectivity index (χ0n) is 10.4. The zero-order valence-corrected chi connectivity index (χ0v) is 11.2. The van der Waals surface area contributed by atoms with Gasteiger partial charge in [-0.25, -0.2) is 4.39 Å². The molecule has 1 atom stereocenters. The van der Waals surface area contributed by atoms with Gasteiger partial charge in [0.15, 0.2) is 0 Å². The molecule has 1 aliphatic heterocycles. The third-order valence-corrected chi connectivity index (χ3v) is 3.38. The predicted octanol–water partition coefficient (Wildman–Crippen LogP) is 2.08. The quantitative estimate of drug-likeness (QED) is 0.852. The third kappa shape index (κ3) is 2.79. The maximum absolute atomic E-state index is 13.3. The topological polar surface area (TPSA) is 38.5 Å². The second-order valence-electron chi connectivity index (χ2n) is 4.37. The summed E-state index contributed by atoms with van der Waals surface area (Å²) in [7, 11) is 0. The van der Waals surface area contributed by atoms with Crippen molar-refractivity contribution >= 4 is 22.9 Å². The molecule has 0 spiro atoms. The van der Waals surface area contributed by atoms with Gasteiger partial charge in [-0.15, -0.1) is 0 Å². The summed E-state index contributed by atoms with van der Waals surface area (Å²) in [5.41, 5.74) is 7.16. The molecule has 2 rings (SSSR count). The Morgan fingerprint density at radius 1 is 1.61 bits per heavy atom. The highest BCUT2D eigenvalue weighted by atomic mass is 32.1. The fraction of sp³-hybridized carbons (Fsp3) is 0.462. The van der Waals surface area contributed by atoms with Crippen molar-refractivity contribution in [3.63, 3.8) is 0 Å². The SMILES string of the molecule is CCC1CN(c2ccc(F)cc2C(N)=S)CCO1. The maximum atomic E-state index is 13.3. The van der Waals surface area contributed by atoms with Crippen LogP contribution in [0, 0.1) is 5.82 Å². The van der Waals surface area contributed by atoms with Crippen LogP contribution in [0.2, 0.25) is 0 Å². The lowest BCUT2D eigenvalue weighted by molar-refractivity contribution is 0.0384. The largest absolute Gasteiger partial charge is 0.389 e.